The van der Waals surface area contributed by atoms with Crippen molar-refractivity contribution in [1.29, 1.82) is 0 Å². The van der Waals surface area contributed by atoms with E-state index in [9.17, 15) is 13.2 Å². The summed E-state index contributed by atoms with van der Waals surface area (Å²) in [5.41, 5.74) is 5.71. The van der Waals surface area contributed by atoms with E-state index in [1.54, 1.807) is 24.3 Å². The molecule has 0 heterocycles. The number of carbonyl (C=O) groups excluding carboxylic acids is 1. The highest BCUT2D eigenvalue weighted by Crippen LogP contribution is 2.03. The maximum absolute atomic E-state index is 11.5. The van der Waals surface area contributed by atoms with Crippen LogP contribution in [0.1, 0.15) is 12.5 Å². The summed E-state index contributed by atoms with van der Waals surface area (Å²) in [5.74, 6) is -0.721. The Morgan fingerprint density at radius 1 is 1.35 bits per heavy atom. The van der Waals surface area contributed by atoms with Crippen LogP contribution in [0, 0.1) is 0 Å². The molecule has 6 heteroatoms. The molecule has 1 unspecified atom stereocenters. The van der Waals surface area contributed by atoms with Gasteiger partial charge in [-0.3, -0.25) is 4.79 Å². The summed E-state index contributed by atoms with van der Waals surface area (Å²) < 4.78 is 25.2. The lowest BCUT2D eigenvalue weighted by Gasteiger charge is -2.07. The normalized spacial score (nSPS) is 13.7. The van der Waals surface area contributed by atoms with Crippen molar-refractivity contribution in [2.75, 3.05) is 0 Å². The lowest BCUT2D eigenvalue weighted by atomic mass is 10.2. The van der Waals surface area contributed by atoms with Crippen LogP contribution in [0.4, 0.5) is 0 Å². The average Bonchev–Trinajstić information content (AvgIpc) is 2.27. The number of hydrogen-bond donors (Lipinski definition) is 2. The second kappa shape index (κ2) is 5.60. The van der Waals surface area contributed by atoms with Gasteiger partial charge < -0.3 is 5.73 Å². The molecule has 92 valence electrons. The Kier molecular flexibility index (Phi) is 4.42. The van der Waals surface area contributed by atoms with E-state index in [4.69, 9.17) is 5.73 Å². The summed E-state index contributed by atoms with van der Waals surface area (Å²) in [6.45, 7) is 1.39. The number of carbonyl (C=O) groups is 1. The van der Waals surface area contributed by atoms with Crippen molar-refractivity contribution < 1.29 is 13.2 Å². The zero-order valence-corrected chi connectivity index (χ0v) is 10.1. The smallest absolute Gasteiger partial charge is 0.235 e. The van der Waals surface area contributed by atoms with E-state index in [-0.39, 0.29) is 0 Å². The molecule has 0 aliphatic rings. The molecule has 0 saturated carbocycles. The molecule has 0 spiro atoms. The van der Waals surface area contributed by atoms with Gasteiger partial charge >= 0.3 is 0 Å². The van der Waals surface area contributed by atoms with Gasteiger partial charge in [0.15, 0.2) is 0 Å². The van der Waals surface area contributed by atoms with Crippen LogP contribution in [-0.2, 0) is 14.8 Å². The quantitative estimate of drug-likeness (QED) is 0.799. The minimum absolute atomic E-state index is 0.721. The van der Waals surface area contributed by atoms with E-state index in [1.807, 2.05) is 6.07 Å². The number of rotatable bonds is 5. The second-order valence-corrected chi connectivity index (χ2v) is 5.10. The Balaban J connectivity index is 2.74. The van der Waals surface area contributed by atoms with Gasteiger partial charge in [-0.05, 0) is 18.6 Å². The summed E-state index contributed by atoms with van der Waals surface area (Å²) in [4.78, 5) is 10.7. The summed E-state index contributed by atoms with van der Waals surface area (Å²) in [7, 11) is -3.66. The van der Waals surface area contributed by atoms with E-state index < -0.39 is 22.0 Å². The van der Waals surface area contributed by atoms with Gasteiger partial charge in [-0.1, -0.05) is 30.3 Å². The number of nitrogens with two attached hydrogens (primary N) is 1. The number of sulfonamides is 1. The Morgan fingerprint density at radius 3 is 2.47 bits per heavy atom. The van der Waals surface area contributed by atoms with Gasteiger partial charge in [0.2, 0.25) is 15.9 Å². The molecule has 3 N–H and O–H groups in total. The lowest BCUT2D eigenvalue weighted by molar-refractivity contribution is -0.119. The molecule has 1 aromatic rings. The molecule has 17 heavy (non-hydrogen) atoms. The fourth-order valence-electron chi connectivity index (χ4n) is 1.08. The first-order chi connectivity index (χ1) is 7.91. The molecule has 1 aromatic carbocycles. The monoisotopic (exact) mass is 254 g/mol. The number of primary amides is 1. The third kappa shape index (κ3) is 4.80. The Labute approximate surface area is 100 Å². The van der Waals surface area contributed by atoms with Crippen LogP contribution in [0.15, 0.2) is 35.7 Å². The third-order valence-electron chi connectivity index (χ3n) is 2.01. The minimum Gasteiger partial charge on any atom is -0.368 e. The van der Waals surface area contributed by atoms with Crippen molar-refractivity contribution in [2.45, 2.75) is 13.0 Å². The molecule has 5 nitrogen and oxygen atoms in total. The fraction of sp³-hybridized carbons (Fsp3) is 0.182. The van der Waals surface area contributed by atoms with E-state index in [0.717, 1.165) is 11.0 Å². The van der Waals surface area contributed by atoms with Crippen LogP contribution >= 0.6 is 0 Å². The minimum atomic E-state index is -3.66. The van der Waals surface area contributed by atoms with Crippen LogP contribution < -0.4 is 10.5 Å². The highest BCUT2D eigenvalue weighted by molar-refractivity contribution is 7.92. The van der Waals surface area contributed by atoms with E-state index in [0.29, 0.717) is 0 Å². The summed E-state index contributed by atoms with van der Waals surface area (Å²) >= 11 is 0. The molecule has 1 atom stereocenters. The van der Waals surface area contributed by atoms with Gasteiger partial charge in [0, 0.05) is 5.41 Å². The summed E-state index contributed by atoms with van der Waals surface area (Å²) in [6, 6.07) is 8.03. The predicted molar refractivity (Wildman–Crippen MR) is 66.2 cm³/mol. The molecule has 0 radical (unpaired) electrons. The standard InChI is InChI=1S/C11H14N2O3S/c1-9(11(12)14)13-17(15,16)8-7-10-5-3-2-4-6-10/h2-9,13H,1H3,(H2,12,14)/b8-7+. The molecule has 0 fully saturated rings. The van der Waals surface area contributed by atoms with Crippen molar-refractivity contribution >= 4 is 22.0 Å². The van der Waals surface area contributed by atoms with Crippen LogP contribution in [0.5, 0.6) is 0 Å². The number of amides is 1. The van der Waals surface area contributed by atoms with Gasteiger partial charge in [0.1, 0.15) is 0 Å². The summed E-state index contributed by atoms with van der Waals surface area (Å²) in [5, 5.41) is 1.00. The molecule has 0 aliphatic heterocycles. The zero-order valence-electron chi connectivity index (χ0n) is 9.33. The Hall–Kier alpha value is -1.66. The van der Waals surface area contributed by atoms with Crippen molar-refractivity contribution in [3.8, 4) is 0 Å². The number of benzene rings is 1. The molecule has 1 amide bonds. The molecule has 1 rings (SSSR count). The van der Waals surface area contributed by atoms with Gasteiger partial charge in [-0.25, -0.2) is 8.42 Å². The average molecular weight is 254 g/mol. The Bertz CT molecular complexity index is 509. The van der Waals surface area contributed by atoms with Crippen molar-refractivity contribution in [1.82, 2.24) is 4.72 Å². The van der Waals surface area contributed by atoms with Gasteiger partial charge in [-0.2, -0.15) is 4.72 Å². The first kappa shape index (κ1) is 13.4. The van der Waals surface area contributed by atoms with Crippen molar-refractivity contribution in [2.24, 2.45) is 5.73 Å². The first-order valence-electron chi connectivity index (χ1n) is 4.95. The van der Waals surface area contributed by atoms with E-state index >= 15 is 0 Å². The maximum atomic E-state index is 11.5. The molecular formula is C11H14N2O3S. The lowest BCUT2D eigenvalue weighted by Crippen LogP contribution is -2.41. The number of nitrogens with one attached hydrogen (secondary N) is 1. The highest BCUT2D eigenvalue weighted by Gasteiger charge is 2.14. The SMILES string of the molecule is CC(NS(=O)(=O)/C=C/c1ccccc1)C(N)=O. The largest absolute Gasteiger partial charge is 0.368 e. The predicted octanol–water partition coefficient (Wildman–Crippen LogP) is 0.451. The molecule has 0 aliphatic carbocycles. The zero-order chi connectivity index (χ0) is 12.9. The van der Waals surface area contributed by atoms with Crippen LogP contribution in [0.25, 0.3) is 6.08 Å². The van der Waals surface area contributed by atoms with E-state index in [2.05, 4.69) is 4.72 Å². The Morgan fingerprint density at radius 2 is 1.94 bits per heavy atom. The molecule has 0 bridgehead atoms. The fourth-order valence-corrected chi connectivity index (χ4v) is 2.10. The van der Waals surface area contributed by atoms with Gasteiger partial charge in [-0.15, -0.1) is 0 Å². The molecular weight excluding hydrogens is 240 g/mol. The number of hydrogen-bond acceptors (Lipinski definition) is 3. The topological polar surface area (TPSA) is 89.3 Å². The van der Waals surface area contributed by atoms with E-state index in [1.165, 1.54) is 13.0 Å². The van der Waals surface area contributed by atoms with Crippen LogP contribution in [0.3, 0.4) is 0 Å². The summed E-state index contributed by atoms with van der Waals surface area (Å²) in [6.07, 6.45) is 1.44. The maximum Gasteiger partial charge on any atom is 0.235 e. The van der Waals surface area contributed by atoms with Gasteiger partial charge in [0.05, 0.1) is 6.04 Å². The molecule has 0 aromatic heterocycles. The second-order valence-electron chi connectivity index (χ2n) is 3.50. The van der Waals surface area contributed by atoms with Crippen LogP contribution in [-0.4, -0.2) is 20.4 Å². The van der Waals surface area contributed by atoms with Gasteiger partial charge in [0.25, 0.3) is 0 Å². The third-order valence-corrected chi connectivity index (χ3v) is 3.18. The van der Waals surface area contributed by atoms with Crippen LogP contribution in [0.2, 0.25) is 0 Å². The van der Waals surface area contributed by atoms with Crippen molar-refractivity contribution in [3.63, 3.8) is 0 Å². The first-order valence-corrected chi connectivity index (χ1v) is 6.50. The van der Waals surface area contributed by atoms with Crippen molar-refractivity contribution in [3.05, 3.63) is 41.3 Å². The molecule has 0 saturated heterocycles. The highest BCUT2D eigenvalue weighted by atomic mass is 32.2.